The first kappa shape index (κ1) is 15.8. The highest BCUT2D eigenvalue weighted by molar-refractivity contribution is 5.79. The van der Waals surface area contributed by atoms with Gasteiger partial charge in [-0.15, -0.1) is 0 Å². The fourth-order valence-corrected chi connectivity index (χ4v) is 3.45. The molecule has 1 N–H and O–H groups in total. The Labute approximate surface area is 147 Å². The van der Waals surface area contributed by atoms with E-state index in [1.165, 1.54) is 37.7 Å². The SMILES string of the molecule is C(=C/c1ncnc2c1ncn2Cc1ccccc1)/NC1CCCCC1. The molecule has 0 radical (unpaired) electrons. The van der Waals surface area contributed by atoms with E-state index in [2.05, 4.69) is 49.1 Å². The largest absolute Gasteiger partial charge is 0.388 e. The molecule has 5 nitrogen and oxygen atoms in total. The Balaban J connectivity index is 1.52. The van der Waals surface area contributed by atoms with Gasteiger partial charge in [-0.25, -0.2) is 15.0 Å². The second kappa shape index (κ2) is 7.47. The molecule has 0 amide bonds. The van der Waals surface area contributed by atoms with Gasteiger partial charge in [0.15, 0.2) is 5.65 Å². The third-order valence-corrected chi connectivity index (χ3v) is 4.80. The van der Waals surface area contributed by atoms with Gasteiger partial charge >= 0.3 is 0 Å². The molecule has 5 heteroatoms. The Bertz CT molecular complexity index is 847. The van der Waals surface area contributed by atoms with Gasteiger partial charge in [-0.2, -0.15) is 0 Å². The van der Waals surface area contributed by atoms with E-state index >= 15 is 0 Å². The molecule has 0 unspecified atom stereocenters. The van der Waals surface area contributed by atoms with Crippen LogP contribution in [0.1, 0.15) is 43.4 Å². The van der Waals surface area contributed by atoms with Crippen LogP contribution in [0.3, 0.4) is 0 Å². The van der Waals surface area contributed by atoms with E-state index in [9.17, 15) is 0 Å². The standard InChI is InChI=1S/C20H23N5/c1-3-7-16(8-4-1)13-25-15-24-19-18(22-14-23-20(19)25)11-12-21-17-9-5-2-6-10-17/h1,3-4,7-8,11-12,14-15,17,21H,2,5-6,9-10,13H2/b12-11-. The summed E-state index contributed by atoms with van der Waals surface area (Å²) in [7, 11) is 0. The van der Waals surface area contributed by atoms with Crippen molar-refractivity contribution >= 4 is 17.2 Å². The minimum Gasteiger partial charge on any atom is -0.388 e. The van der Waals surface area contributed by atoms with Crippen molar-refractivity contribution < 1.29 is 0 Å². The Hall–Kier alpha value is -2.69. The average molecular weight is 333 g/mol. The van der Waals surface area contributed by atoms with Crippen molar-refractivity contribution in [1.82, 2.24) is 24.8 Å². The van der Waals surface area contributed by atoms with E-state index in [0.29, 0.717) is 6.04 Å². The molecule has 0 aliphatic heterocycles. The molecule has 1 saturated carbocycles. The number of nitrogens with zero attached hydrogens (tertiary/aromatic N) is 4. The number of imidazole rings is 1. The molecule has 1 fully saturated rings. The van der Waals surface area contributed by atoms with Crippen LogP contribution in [-0.2, 0) is 6.54 Å². The van der Waals surface area contributed by atoms with Crippen molar-refractivity contribution in [3.05, 3.63) is 60.4 Å². The maximum absolute atomic E-state index is 4.54. The highest BCUT2D eigenvalue weighted by Gasteiger charge is 2.11. The first-order chi connectivity index (χ1) is 12.4. The summed E-state index contributed by atoms with van der Waals surface area (Å²) in [5.41, 5.74) is 3.81. The lowest BCUT2D eigenvalue weighted by atomic mass is 9.96. The van der Waals surface area contributed by atoms with Crippen LogP contribution in [0.2, 0.25) is 0 Å². The maximum Gasteiger partial charge on any atom is 0.164 e. The topological polar surface area (TPSA) is 55.6 Å². The molecule has 1 aliphatic rings. The van der Waals surface area contributed by atoms with Gasteiger partial charge in [0.1, 0.15) is 11.8 Å². The van der Waals surface area contributed by atoms with Gasteiger partial charge in [-0.05, 0) is 30.7 Å². The van der Waals surface area contributed by atoms with Gasteiger partial charge in [0, 0.05) is 6.04 Å². The molecule has 2 heterocycles. The molecule has 4 rings (SSSR count). The van der Waals surface area contributed by atoms with Crippen molar-refractivity contribution in [2.24, 2.45) is 0 Å². The predicted molar refractivity (Wildman–Crippen MR) is 99.9 cm³/mol. The molecule has 0 bridgehead atoms. The number of hydrogen-bond donors (Lipinski definition) is 1. The Kier molecular flexibility index (Phi) is 4.72. The summed E-state index contributed by atoms with van der Waals surface area (Å²) in [5, 5.41) is 3.51. The zero-order chi connectivity index (χ0) is 16.9. The molecule has 0 saturated heterocycles. The highest BCUT2D eigenvalue weighted by atomic mass is 15.1. The van der Waals surface area contributed by atoms with E-state index in [-0.39, 0.29) is 0 Å². The van der Waals surface area contributed by atoms with Crippen LogP contribution in [0.25, 0.3) is 17.2 Å². The van der Waals surface area contributed by atoms with E-state index in [4.69, 9.17) is 0 Å². The van der Waals surface area contributed by atoms with Gasteiger partial charge in [0.05, 0.1) is 18.6 Å². The number of aromatic nitrogens is 4. The Morgan fingerprint density at radius 3 is 2.72 bits per heavy atom. The van der Waals surface area contributed by atoms with Crippen LogP contribution in [-0.4, -0.2) is 25.6 Å². The summed E-state index contributed by atoms with van der Waals surface area (Å²) in [6, 6.07) is 10.9. The normalized spacial score (nSPS) is 15.8. The Morgan fingerprint density at radius 2 is 1.88 bits per heavy atom. The van der Waals surface area contributed by atoms with E-state index in [1.807, 2.05) is 24.7 Å². The van der Waals surface area contributed by atoms with Crippen molar-refractivity contribution in [2.45, 2.75) is 44.7 Å². The first-order valence-corrected chi connectivity index (χ1v) is 9.02. The maximum atomic E-state index is 4.54. The van der Waals surface area contributed by atoms with Gasteiger partial charge < -0.3 is 9.88 Å². The van der Waals surface area contributed by atoms with Crippen LogP contribution in [0.5, 0.6) is 0 Å². The first-order valence-electron chi connectivity index (χ1n) is 9.02. The summed E-state index contributed by atoms with van der Waals surface area (Å²) < 4.78 is 2.07. The monoisotopic (exact) mass is 333 g/mol. The second-order valence-electron chi connectivity index (χ2n) is 6.62. The van der Waals surface area contributed by atoms with Crippen LogP contribution < -0.4 is 5.32 Å². The van der Waals surface area contributed by atoms with Crippen LogP contribution in [0, 0.1) is 0 Å². The molecule has 25 heavy (non-hydrogen) atoms. The molecular formula is C20H23N5. The van der Waals surface area contributed by atoms with E-state index in [1.54, 1.807) is 6.33 Å². The molecule has 2 aromatic heterocycles. The molecule has 1 aliphatic carbocycles. The third-order valence-electron chi connectivity index (χ3n) is 4.80. The lowest BCUT2D eigenvalue weighted by Crippen LogP contribution is -2.26. The number of fused-ring (bicyclic) bond motifs is 1. The predicted octanol–water partition coefficient (Wildman–Crippen LogP) is 3.77. The minimum absolute atomic E-state index is 0.595. The van der Waals surface area contributed by atoms with Crippen LogP contribution in [0.15, 0.2) is 49.2 Å². The summed E-state index contributed by atoms with van der Waals surface area (Å²) in [5.74, 6) is 0. The fraction of sp³-hybridized carbons (Fsp3) is 0.350. The zero-order valence-electron chi connectivity index (χ0n) is 14.3. The van der Waals surface area contributed by atoms with Gasteiger partial charge in [0.2, 0.25) is 0 Å². The molecular weight excluding hydrogens is 310 g/mol. The number of hydrogen-bond acceptors (Lipinski definition) is 4. The number of benzene rings is 1. The smallest absolute Gasteiger partial charge is 0.164 e. The fourth-order valence-electron chi connectivity index (χ4n) is 3.45. The lowest BCUT2D eigenvalue weighted by Gasteiger charge is -2.21. The third kappa shape index (κ3) is 3.71. The van der Waals surface area contributed by atoms with Crippen molar-refractivity contribution in [1.29, 1.82) is 0 Å². The lowest BCUT2D eigenvalue weighted by molar-refractivity contribution is 0.405. The van der Waals surface area contributed by atoms with Gasteiger partial charge in [-0.3, -0.25) is 0 Å². The number of nitrogens with one attached hydrogen (secondary N) is 1. The van der Waals surface area contributed by atoms with E-state index < -0.39 is 0 Å². The zero-order valence-corrected chi connectivity index (χ0v) is 14.3. The molecule has 3 aromatic rings. The average Bonchev–Trinajstić information content (AvgIpc) is 3.07. The Morgan fingerprint density at radius 1 is 1.04 bits per heavy atom. The summed E-state index contributed by atoms with van der Waals surface area (Å²) in [6.07, 6.45) is 14.0. The molecule has 1 aromatic carbocycles. The minimum atomic E-state index is 0.595. The van der Waals surface area contributed by atoms with Crippen molar-refractivity contribution in [3.63, 3.8) is 0 Å². The summed E-state index contributed by atoms with van der Waals surface area (Å²) in [6.45, 7) is 0.762. The summed E-state index contributed by atoms with van der Waals surface area (Å²) in [4.78, 5) is 13.4. The van der Waals surface area contributed by atoms with Gasteiger partial charge in [0.25, 0.3) is 0 Å². The van der Waals surface area contributed by atoms with Crippen LogP contribution >= 0.6 is 0 Å². The van der Waals surface area contributed by atoms with Crippen LogP contribution in [0.4, 0.5) is 0 Å². The molecule has 0 spiro atoms. The second-order valence-corrected chi connectivity index (χ2v) is 6.62. The van der Waals surface area contributed by atoms with Gasteiger partial charge in [-0.1, -0.05) is 49.6 Å². The highest BCUT2D eigenvalue weighted by Crippen LogP contribution is 2.18. The number of rotatable bonds is 5. The molecule has 0 atom stereocenters. The molecule has 128 valence electrons. The van der Waals surface area contributed by atoms with Crippen molar-refractivity contribution in [2.75, 3.05) is 0 Å². The quantitative estimate of drug-likeness (QED) is 0.772. The van der Waals surface area contributed by atoms with Crippen molar-refractivity contribution in [3.8, 4) is 0 Å². The van der Waals surface area contributed by atoms with E-state index in [0.717, 1.165) is 23.4 Å². The summed E-state index contributed by atoms with van der Waals surface area (Å²) >= 11 is 0.